The Morgan fingerprint density at radius 3 is 2.48 bits per heavy atom. The summed E-state index contributed by atoms with van der Waals surface area (Å²) in [5.74, 6) is 0.289. The van der Waals surface area contributed by atoms with Gasteiger partial charge in [-0.05, 0) is 66.4 Å². The molecule has 7 heteroatoms. The molecule has 2 atom stereocenters. The quantitative estimate of drug-likeness (QED) is 0.568. The fourth-order valence-electron chi connectivity index (χ4n) is 3.29. The highest BCUT2D eigenvalue weighted by atomic mass is 32.2. The number of benzene rings is 2. The van der Waals surface area contributed by atoms with Gasteiger partial charge in [-0.25, -0.2) is 0 Å². The average molecular weight is 410 g/mol. The largest absolute Gasteiger partial charge is 0.355 e. The van der Waals surface area contributed by atoms with Gasteiger partial charge in [-0.3, -0.25) is 4.79 Å². The fourth-order valence-corrected chi connectivity index (χ4v) is 4.12. The van der Waals surface area contributed by atoms with E-state index in [0.29, 0.717) is 17.6 Å². The lowest BCUT2D eigenvalue weighted by atomic mass is 9.96. The molecule has 0 aliphatic rings. The van der Waals surface area contributed by atoms with Crippen LogP contribution in [-0.4, -0.2) is 37.9 Å². The molecule has 1 aromatic heterocycles. The van der Waals surface area contributed by atoms with Crippen LogP contribution in [0.25, 0.3) is 5.69 Å². The van der Waals surface area contributed by atoms with Gasteiger partial charge in [0.1, 0.15) is 0 Å². The molecule has 0 aliphatic heterocycles. The van der Waals surface area contributed by atoms with E-state index in [1.54, 1.807) is 4.68 Å². The zero-order valence-electron chi connectivity index (χ0n) is 17.3. The standard InChI is InChI=1S/C22H27N5OS/c1-5-18(19-9-7-6-8-10-19)14-23-21(28)17(4)29-22-24-25-26-27(22)20-12-15(2)11-16(3)13-20/h6-13,17-18H,5,14H2,1-4H3,(H,23,28)/t17-,18+/m1/s1. The topological polar surface area (TPSA) is 72.7 Å². The Morgan fingerprint density at radius 1 is 1.14 bits per heavy atom. The maximum absolute atomic E-state index is 12.7. The Labute approximate surface area is 176 Å². The predicted octanol–water partition coefficient (Wildman–Crippen LogP) is 4.07. The van der Waals surface area contributed by atoms with Crippen molar-refractivity contribution < 1.29 is 4.79 Å². The number of thioether (sulfide) groups is 1. The predicted molar refractivity (Wildman–Crippen MR) is 116 cm³/mol. The van der Waals surface area contributed by atoms with Crippen molar-refractivity contribution in [2.45, 2.75) is 50.4 Å². The van der Waals surface area contributed by atoms with Gasteiger partial charge in [0.2, 0.25) is 11.1 Å². The van der Waals surface area contributed by atoms with Crippen LogP contribution in [0.4, 0.5) is 0 Å². The minimum Gasteiger partial charge on any atom is -0.355 e. The molecule has 29 heavy (non-hydrogen) atoms. The molecule has 0 saturated heterocycles. The molecule has 152 valence electrons. The monoisotopic (exact) mass is 409 g/mol. The Bertz CT molecular complexity index is 937. The maximum atomic E-state index is 12.7. The molecule has 0 aliphatic carbocycles. The average Bonchev–Trinajstić information content (AvgIpc) is 3.16. The van der Waals surface area contributed by atoms with Gasteiger partial charge in [-0.15, -0.1) is 5.10 Å². The Hall–Kier alpha value is -2.67. The van der Waals surface area contributed by atoms with Crippen molar-refractivity contribution in [3.8, 4) is 5.69 Å². The molecule has 0 fully saturated rings. The summed E-state index contributed by atoms with van der Waals surface area (Å²) in [6.45, 7) is 8.72. The van der Waals surface area contributed by atoms with Gasteiger partial charge in [-0.1, -0.05) is 55.1 Å². The van der Waals surface area contributed by atoms with Crippen LogP contribution in [-0.2, 0) is 4.79 Å². The summed E-state index contributed by atoms with van der Waals surface area (Å²) in [6, 6.07) is 16.5. The lowest BCUT2D eigenvalue weighted by Crippen LogP contribution is -2.34. The molecule has 1 heterocycles. The highest BCUT2D eigenvalue weighted by Crippen LogP contribution is 2.24. The molecule has 0 bridgehead atoms. The minimum absolute atomic E-state index is 0.0145. The van der Waals surface area contributed by atoms with Crippen molar-refractivity contribution in [3.05, 3.63) is 65.2 Å². The van der Waals surface area contributed by atoms with Crippen molar-refractivity contribution in [2.75, 3.05) is 6.54 Å². The molecule has 1 N–H and O–H groups in total. The van der Waals surface area contributed by atoms with Gasteiger partial charge < -0.3 is 5.32 Å². The molecule has 0 radical (unpaired) electrons. The van der Waals surface area contributed by atoms with Crippen LogP contribution in [0.1, 0.15) is 42.9 Å². The van der Waals surface area contributed by atoms with E-state index in [2.05, 4.69) is 46.0 Å². The number of tetrazole rings is 1. The molecule has 0 spiro atoms. The van der Waals surface area contributed by atoms with Gasteiger partial charge in [0.05, 0.1) is 10.9 Å². The number of nitrogens with one attached hydrogen (secondary N) is 1. The Morgan fingerprint density at radius 2 is 1.83 bits per heavy atom. The van der Waals surface area contributed by atoms with Crippen molar-refractivity contribution in [1.82, 2.24) is 25.5 Å². The Kier molecular flexibility index (Phi) is 7.04. The smallest absolute Gasteiger partial charge is 0.233 e. The lowest BCUT2D eigenvalue weighted by Gasteiger charge is -2.18. The first kappa shape index (κ1) is 21.0. The SMILES string of the molecule is CC[C@@H](CNC(=O)[C@@H](C)Sc1nnnn1-c1cc(C)cc(C)c1)c1ccccc1. The van der Waals surface area contributed by atoms with Crippen LogP contribution in [0, 0.1) is 13.8 Å². The van der Waals surface area contributed by atoms with Gasteiger partial charge in [0.25, 0.3) is 0 Å². The van der Waals surface area contributed by atoms with Crippen molar-refractivity contribution in [2.24, 2.45) is 0 Å². The van der Waals surface area contributed by atoms with Crippen LogP contribution in [0.2, 0.25) is 0 Å². The summed E-state index contributed by atoms with van der Waals surface area (Å²) >= 11 is 1.36. The lowest BCUT2D eigenvalue weighted by molar-refractivity contribution is -0.120. The molecule has 3 rings (SSSR count). The Balaban J connectivity index is 1.64. The second-order valence-corrected chi connectivity index (χ2v) is 8.55. The molecule has 2 aromatic carbocycles. The molecule has 0 saturated carbocycles. The fraction of sp³-hybridized carbons (Fsp3) is 0.364. The summed E-state index contributed by atoms with van der Waals surface area (Å²) in [6.07, 6.45) is 0.969. The second kappa shape index (κ2) is 9.69. The van der Waals surface area contributed by atoms with Crippen LogP contribution in [0.3, 0.4) is 0 Å². The molecule has 3 aromatic rings. The summed E-state index contributed by atoms with van der Waals surface area (Å²) < 4.78 is 1.69. The number of hydrogen-bond donors (Lipinski definition) is 1. The number of aromatic nitrogens is 4. The van der Waals surface area contributed by atoms with E-state index in [1.165, 1.54) is 17.3 Å². The number of hydrogen-bond acceptors (Lipinski definition) is 5. The first-order valence-corrected chi connectivity index (χ1v) is 10.7. The number of carbonyl (C=O) groups is 1. The molecule has 0 unspecified atom stereocenters. The molecule has 1 amide bonds. The summed E-state index contributed by atoms with van der Waals surface area (Å²) in [5.41, 5.74) is 4.43. The normalized spacial score (nSPS) is 13.1. The first-order valence-electron chi connectivity index (χ1n) is 9.84. The highest BCUT2D eigenvalue weighted by molar-refractivity contribution is 8.00. The number of aryl methyl sites for hydroxylation is 2. The van der Waals surface area contributed by atoms with Gasteiger partial charge >= 0.3 is 0 Å². The van der Waals surface area contributed by atoms with Crippen molar-refractivity contribution >= 4 is 17.7 Å². The number of amides is 1. The van der Waals surface area contributed by atoms with E-state index in [9.17, 15) is 4.79 Å². The van der Waals surface area contributed by atoms with E-state index < -0.39 is 0 Å². The molecular weight excluding hydrogens is 382 g/mol. The van der Waals surface area contributed by atoms with E-state index >= 15 is 0 Å². The first-order chi connectivity index (χ1) is 14.0. The highest BCUT2D eigenvalue weighted by Gasteiger charge is 2.20. The summed E-state index contributed by atoms with van der Waals surface area (Å²) in [7, 11) is 0. The third kappa shape index (κ3) is 5.44. The van der Waals surface area contributed by atoms with Crippen LogP contribution in [0.5, 0.6) is 0 Å². The van der Waals surface area contributed by atoms with Gasteiger partial charge in [-0.2, -0.15) is 4.68 Å². The molecular formula is C22H27N5OS. The summed E-state index contributed by atoms with van der Waals surface area (Å²) in [4.78, 5) is 12.7. The van der Waals surface area contributed by atoms with Gasteiger partial charge in [0.15, 0.2) is 0 Å². The van der Waals surface area contributed by atoms with Crippen LogP contribution >= 0.6 is 11.8 Å². The number of nitrogens with zero attached hydrogens (tertiary/aromatic N) is 4. The van der Waals surface area contributed by atoms with E-state index in [0.717, 1.165) is 23.2 Å². The third-order valence-electron chi connectivity index (χ3n) is 4.83. The van der Waals surface area contributed by atoms with Crippen molar-refractivity contribution in [3.63, 3.8) is 0 Å². The number of rotatable bonds is 8. The molecule has 6 nitrogen and oxygen atoms in total. The third-order valence-corrected chi connectivity index (χ3v) is 5.86. The van der Waals surface area contributed by atoms with Crippen LogP contribution in [0.15, 0.2) is 53.7 Å². The maximum Gasteiger partial charge on any atom is 0.233 e. The van der Waals surface area contributed by atoms with Gasteiger partial charge in [0, 0.05) is 12.5 Å². The minimum atomic E-state index is -0.307. The number of carbonyl (C=O) groups excluding carboxylic acids is 1. The zero-order chi connectivity index (χ0) is 20.8. The van der Waals surface area contributed by atoms with E-state index in [4.69, 9.17) is 0 Å². The van der Waals surface area contributed by atoms with Crippen LogP contribution < -0.4 is 5.32 Å². The summed E-state index contributed by atoms with van der Waals surface area (Å²) in [5, 5.41) is 15.4. The van der Waals surface area contributed by atoms with E-state index in [1.807, 2.05) is 51.1 Å². The van der Waals surface area contributed by atoms with Crippen molar-refractivity contribution in [1.29, 1.82) is 0 Å². The zero-order valence-corrected chi connectivity index (χ0v) is 18.1. The second-order valence-electron chi connectivity index (χ2n) is 7.24. The van der Waals surface area contributed by atoms with E-state index in [-0.39, 0.29) is 11.2 Å².